The average molecular weight is 822 g/mol. The van der Waals surface area contributed by atoms with Gasteiger partial charge >= 0.3 is 0 Å². The summed E-state index contributed by atoms with van der Waals surface area (Å²) in [5.41, 5.74) is 11.2. The molecule has 0 spiro atoms. The first kappa shape index (κ1) is 40.0. The van der Waals surface area contributed by atoms with Crippen LogP contribution in [-0.2, 0) is 19.5 Å². The fourth-order valence-electron chi connectivity index (χ4n) is 9.72. The Hall–Kier alpha value is -5.42. The first-order chi connectivity index (χ1) is 29.2. The Labute approximate surface area is 347 Å². The van der Waals surface area contributed by atoms with Crippen LogP contribution in [0.25, 0.3) is 22.2 Å². The van der Waals surface area contributed by atoms with Gasteiger partial charge < -0.3 is 30.7 Å². The minimum Gasteiger partial charge on any atom is -0.370 e. The quantitative estimate of drug-likeness (QED) is 0.133. The molecule has 5 aliphatic heterocycles. The number of carbonyl (C=O) groups is 4. The molecule has 0 unspecified atom stereocenters. The summed E-state index contributed by atoms with van der Waals surface area (Å²) in [5.74, 6) is -1.28. The number of H-pyrrole nitrogens is 1. The van der Waals surface area contributed by atoms with Crippen LogP contribution >= 0.6 is 0 Å². The number of anilines is 2. The van der Waals surface area contributed by atoms with E-state index in [0.29, 0.717) is 54.7 Å². The highest BCUT2D eigenvalue weighted by atomic mass is 19.1. The summed E-state index contributed by atoms with van der Waals surface area (Å²) in [7, 11) is 0. The molecule has 316 valence electrons. The highest BCUT2D eigenvalue weighted by molar-refractivity contribution is 6.10. The maximum Gasteiger partial charge on any atom is 0.270 e. The third-order valence-electron chi connectivity index (χ3n) is 13.1. The first-order valence-corrected chi connectivity index (χ1v) is 21.3. The third-order valence-corrected chi connectivity index (χ3v) is 13.1. The van der Waals surface area contributed by atoms with Gasteiger partial charge in [-0.05, 0) is 105 Å². The van der Waals surface area contributed by atoms with Gasteiger partial charge in [-0.25, -0.2) is 14.3 Å². The number of hydrogen-bond donors (Lipinski definition) is 4. The number of nitrogens with one attached hydrogen (secondary N) is 3. The van der Waals surface area contributed by atoms with Crippen LogP contribution in [0.5, 0.6) is 0 Å². The van der Waals surface area contributed by atoms with E-state index >= 15 is 4.39 Å². The van der Waals surface area contributed by atoms with Crippen molar-refractivity contribution in [3.05, 3.63) is 77.4 Å². The van der Waals surface area contributed by atoms with E-state index in [-0.39, 0.29) is 36.0 Å². The van der Waals surface area contributed by atoms with Crippen molar-refractivity contribution in [3.63, 3.8) is 0 Å². The number of primary amides is 1. The second kappa shape index (κ2) is 17.3. The Morgan fingerprint density at radius 3 is 2.42 bits per heavy atom. The summed E-state index contributed by atoms with van der Waals surface area (Å²) in [4.78, 5) is 73.8. The standard InChI is InChI=1S/C44H52FN9O6/c45-35-22-34(42(46)56)40-33(41(35)53-15-1-2-32(26-53)54-20-21-59-60-54)23-38(48-40)30-5-3-28(4-6-30)29-13-16-51(17-14-29)25-27-11-18-52(19-12-27)31-7-8-36(47-24-31)43(57)49-37-9-10-39(55)50-44(37)58/h3-8,22-24,27,29,32,37,48H,1-2,9-21,25-26H2,(H2,46,56)(H,49,57)(H,50,55,58)/t32-,37+/m1/s1. The van der Waals surface area contributed by atoms with Gasteiger partial charge in [0.1, 0.15) is 17.6 Å². The lowest BCUT2D eigenvalue weighted by Gasteiger charge is -2.38. The lowest BCUT2D eigenvalue weighted by atomic mass is 9.87. The average Bonchev–Trinajstić information content (AvgIpc) is 3.97. The van der Waals surface area contributed by atoms with Crippen molar-refractivity contribution < 1.29 is 33.4 Å². The topological polar surface area (TPSA) is 178 Å². The van der Waals surface area contributed by atoms with Crippen molar-refractivity contribution in [2.75, 3.05) is 68.8 Å². The molecule has 2 aromatic heterocycles. The van der Waals surface area contributed by atoms with E-state index in [2.05, 4.69) is 54.7 Å². The number of benzene rings is 2. The minimum absolute atomic E-state index is 0.0677. The van der Waals surface area contributed by atoms with E-state index in [1.54, 1.807) is 12.3 Å². The Bertz CT molecular complexity index is 2230. The zero-order chi connectivity index (χ0) is 41.3. The molecule has 2 aromatic carbocycles. The number of amides is 4. The molecule has 4 amide bonds. The number of likely N-dealkylation sites (tertiary alicyclic amines) is 1. The maximum absolute atomic E-state index is 15.9. The number of aromatic amines is 1. The highest BCUT2D eigenvalue weighted by Gasteiger charge is 2.33. The Kier molecular flexibility index (Phi) is 11.5. The van der Waals surface area contributed by atoms with Gasteiger partial charge in [0.25, 0.3) is 11.8 Å². The zero-order valence-corrected chi connectivity index (χ0v) is 33.7. The number of rotatable bonds is 10. The number of halogens is 1. The number of fused-ring (bicyclic) bond motifs is 1. The van der Waals surface area contributed by atoms with Crippen molar-refractivity contribution in [1.82, 2.24) is 30.6 Å². The predicted molar refractivity (Wildman–Crippen MR) is 222 cm³/mol. The molecule has 9 rings (SSSR count). The SMILES string of the molecule is NC(=O)c1cc(F)c(N2CCC[C@@H](N3CCOO3)C2)c2cc(-c3ccc(C4CCN(CC5CCN(c6ccc(C(=O)N[C@H]7CCC(=O)NC7=O)nc6)CC5)CC4)cc3)[nH]c12. The molecule has 60 heavy (non-hydrogen) atoms. The van der Waals surface area contributed by atoms with Gasteiger partial charge in [-0.3, -0.25) is 24.5 Å². The van der Waals surface area contributed by atoms with Gasteiger partial charge in [0.15, 0.2) is 0 Å². The molecule has 2 atom stereocenters. The second-order valence-electron chi connectivity index (χ2n) is 16.9. The van der Waals surface area contributed by atoms with Crippen LogP contribution in [0.2, 0.25) is 0 Å². The predicted octanol–water partition coefficient (Wildman–Crippen LogP) is 4.25. The van der Waals surface area contributed by atoms with Crippen LogP contribution < -0.4 is 26.2 Å². The van der Waals surface area contributed by atoms with Crippen molar-refractivity contribution in [1.29, 1.82) is 0 Å². The van der Waals surface area contributed by atoms with Crippen LogP contribution in [-0.4, -0.2) is 115 Å². The zero-order valence-electron chi connectivity index (χ0n) is 33.7. The summed E-state index contributed by atoms with van der Waals surface area (Å²) in [6, 6.07) is 14.8. The minimum atomic E-state index is -0.733. The van der Waals surface area contributed by atoms with Crippen molar-refractivity contribution in [2.24, 2.45) is 11.7 Å². The van der Waals surface area contributed by atoms with Crippen LogP contribution in [0.1, 0.15) is 83.7 Å². The van der Waals surface area contributed by atoms with Crippen molar-refractivity contribution >= 4 is 45.9 Å². The molecule has 16 heteroatoms. The summed E-state index contributed by atoms with van der Waals surface area (Å²) in [6.45, 7) is 7.49. The number of nitrogens with two attached hydrogens (primary N) is 1. The van der Waals surface area contributed by atoms with Crippen LogP contribution in [0.15, 0.2) is 54.7 Å². The summed E-state index contributed by atoms with van der Waals surface area (Å²) in [6.07, 6.45) is 8.36. The molecule has 5 aliphatic rings. The van der Waals surface area contributed by atoms with E-state index < -0.39 is 29.6 Å². The van der Waals surface area contributed by atoms with Gasteiger partial charge in [-0.2, -0.15) is 0 Å². The number of nitrogens with zero attached hydrogens (tertiary/aromatic N) is 5. The molecule has 0 saturated carbocycles. The number of hydrogen-bond acceptors (Lipinski definition) is 11. The van der Waals surface area contributed by atoms with Gasteiger partial charge in [0.2, 0.25) is 11.8 Å². The van der Waals surface area contributed by atoms with E-state index in [1.807, 2.05) is 22.1 Å². The first-order valence-electron chi connectivity index (χ1n) is 21.3. The van der Waals surface area contributed by atoms with Crippen molar-refractivity contribution in [2.45, 2.75) is 69.4 Å². The van der Waals surface area contributed by atoms with Gasteiger partial charge in [-0.15, -0.1) is 10.1 Å². The van der Waals surface area contributed by atoms with Gasteiger partial charge in [0, 0.05) is 50.2 Å². The summed E-state index contributed by atoms with van der Waals surface area (Å²) >= 11 is 0. The number of piperidine rings is 4. The fourth-order valence-corrected chi connectivity index (χ4v) is 9.72. The summed E-state index contributed by atoms with van der Waals surface area (Å²) < 4.78 is 15.9. The van der Waals surface area contributed by atoms with Crippen LogP contribution in [0.3, 0.4) is 0 Å². The maximum atomic E-state index is 15.9. The van der Waals surface area contributed by atoms with E-state index in [4.69, 9.17) is 15.6 Å². The summed E-state index contributed by atoms with van der Waals surface area (Å²) in [5, 5.41) is 7.41. The number of aromatic nitrogens is 2. The highest BCUT2D eigenvalue weighted by Crippen LogP contribution is 2.38. The second-order valence-corrected chi connectivity index (χ2v) is 16.9. The normalized spacial score (nSPS) is 22.7. The van der Waals surface area contributed by atoms with E-state index in [0.717, 1.165) is 88.2 Å². The molecular formula is C44H52FN9O6. The molecular weight excluding hydrogens is 770 g/mol. The monoisotopic (exact) mass is 821 g/mol. The smallest absolute Gasteiger partial charge is 0.270 e. The number of pyridine rings is 1. The molecule has 7 heterocycles. The fraction of sp³-hybridized carbons (Fsp3) is 0.477. The molecule has 0 radical (unpaired) electrons. The lowest BCUT2D eigenvalue weighted by molar-refractivity contribution is -0.380. The largest absolute Gasteiger partial charge is 0.370 e. The lowest BCUT2D eigenvalue weighted by Crippen LogP contribution is -2.52. The Morgan fingerprint density at radius 1 is 0.917 bits per heavy atom. The molecule has 5 fully saturated rings. The molecule has 0 bridgehead atoms. The number of hydroxylamine groups is 2. The van der Waals surface area contributed by atoms with Crippen LogP contribution in [0.4, 0.5) is 15.8 Å². The molecule has 5 saturated heterocycles. The number of carbonyl (C=O) groups excluding carboxylic acids is 4. The van der Waals surface area contributed by atoms with Gasteiger partial charge in [-0.1, -0.05) is 24.3 Å². The Balaban J connectivity index is 0.774. The third kappa shape index (κ3) is 8.46. The molecule has 5 N–H and O–H groups in total. The molecule has 15 nitrogen and oxygen atoms in total. The van der Waals surface area contributed by atoms with E-state index in [1.165, 1.54) is 11.6 Å². The van der Waals surface area contributed by atoms with Crippen molar-refractivity contribution in [3.8, 4) is 11.3 Å². The number of imide groups is 1. The van der Waals surface area contributed by atoms with Crippen LogP contribution in [0, 0.1) is 11.7 Å². The van der Waals surface area contributed by atoms with E-state index in [9.17, 15) is 19.2 Å². The Morgan fingerprint density at radius 2 is 1.72 bits per heavy atom. The van der Waals surface area contributed by atoms with Gasteiger partial charge in [0.05, 0.1) is 47.8 Å². The molecule has 4 aromatic rings. The molecule has 0 aliphatic carbocycles.